The van der Waals surface area contributed by atoms with Gasteiger partial charge in [0.05, 0.1) is 4.92 Å². The third kappa shape index (κ3) is 2.81. The van der Waals surface area contributed by atoms with Crippen LogP contribution in [0.25, 0.3) is 0 Å². The average molecular weight is 340 g/mol. The summed E-state index contributed by atoms with van der Waals surface area (Å²) < 4.78 is 0. The Hall–Kier alpha value is -1.14. The van der Waals surface area contributed by atoms with E-state index in [0.29, 0.717) is 5.33 Å². The maximum atomic E-state index is 10.9. The summed E-state index contributed by atoms with van der Waals surface area (Å²) >= 11 is 3.44. The van der Waals surface area contributed by atoms with Crippen molar-refractivity contribution in [1.29, 1.82) is 0 Å². The summed E-state index contributed by atoms with van der Waals surface area (Å²) in [6.45, 7) is 4.22. The number of non-ortho nitro benzene ring substituents is 1. The number of alkyl halides is 1. The van der Waals surface area contributed by atoms with Gasteiger partial charge in [0, 0.05) is 55.4 Å². The van der Waals surface area contributed by atoms with E-state index in [1.54, 1.807) is 12.1 Å². The van der Waals surface area contributed by atoms with Gasteiger partial charge >= 0.3 is 0 Å². The van der Waals surface area contributed by atoms with Crippen LogP contribution in [0.15, 0.2) is 18.2 Å². The second-order valence-corrected chi connectivity index (χ2v) is 6.02. The Balaban J connectivity index is 1.74. The molecule has 1 aromatic rings. The van der Waals surface area contributed by atoms with E-state index in [1.807, 2.05) is 6.07 Å². The highest BCUT2D eigenvalue weighted by Gasteiger charge is 2.31. The SMILES string of the molecule is O=[N+]([O-])c1ccc(N2CCN(C3CC3)CC2)c(CBr)c1. The second kappa shape index (κ2) is 5.69. The molecule has 0 bridgehead atoms. The molecule has 0 radical (unpaired) electrons. The number of hydrogen-bond donors (Lipinski definition) is 0. The molecule has 5 nitrogen and oxygen atoms in total. The normalized spacial score (nSPS) is 20.1. The van der Waals surface area contributed by atoms with Crippen LogP contribution in [-0.4, -0.2) is 42.0 Å². The number of benzene rings is 1. The van der Waals surface area contributed by atoms with Crippen LogP contribution in [0.2, 0.25) is 0 Å². The van der Waals surface area contributed by atoms with E-state index in [0.717, 1.165) is 43.5 Å². The Morgan fingerprint density at radius 3 is 2.50 bits per heavy atom. The fourth-order valence-electron chi connectivity index (χ4n) is 2.87. The predicted molar refractivity (Wildman–Crippen MR) is 82.5 cm³/mol. The van der Waals surface area contributed by atoms with E-state index >= 15 is 0 Å². The molecule has 6 heteroatoms. The molecule has 0 aromatic heterocycles. The third-order valence-electron chi connectivity index (χ3n) is 4.14. The smallest absolute Gasteiger partial charge is 0.269 e. The number of hydrogen-bond acceptors (Lipinski definition) is 4. The minimum atomic E-state index is -0.332. The van der Waals surface area contributed by atoms with E-state index in [4.69, 9.17) is 0 Å². The lowest BCUT2D eigenvalue weighted by atomic mass is 10.1. The van der Waals surface area contributed by atoms with Crippen molar-refractivity contribution in [3.8, 4) is 0 Å². The second-order valence-electron chi connectivity index (χ2n) is 5.46. The van der Waals surface area contributed by atoms with Gasteiger partial charge in [0.1, 0.15) is 0 Å². The molecule has 2 fully saturated rings. The zero-order chi connectivity index (χ0) is 14.1. The summed E-state index contributed by atoms with van der Waals surface area (Å²) in [7, 11) is 0. The first-order valence-corrected chi connectivity index (χ1v) is 8.13. The number of halogens is 1. The highest BCUT2D eigenvalue weighted by atomic mass is 79.9. The van der Waals surface area contributed by atoms with E-state index in [9.17, 15) is 10.1 Å². The van der Waals surface area contributed by atoms with Crippen LogP contribution in [0.3, 0.4) is 0 Å². The van der Waals surface area contributed by atoms with Crippen molar-refractivity contribution in [2.75, 3.05) is 31.1 Å². The lowest BCUT2D eigenvalue weighted by Gasteiger charge is -2.37. The van der Waals surface area contributed by atoms with Crippen molar-refractivity contribution >= 4 is 27.3 Å². The van der Waals surface area contributed by atoms with Crippen LogP contribution in [0.5, 0.6) is 0 Å². The van der Waals surface area contributed by atoms with E-state index in [2.05, 4.69) is 25.7 Å². The zero-order valence-corrected chi connectivity index (χ0v) is 12.9. The van der Waals surface area contributed by atoms with Crippen molar-refractivity contribution in [2.45, 2.75) is 24.2 Å². The fourth-order valence-corrected chi connectivity index (χ4v) is 3.32. The van der Waals surface area contributed by atoms with Crippen LogP contribution in [0.4, 0.5) is 11.4 Å². The maximum absolute atomic E-state index is 10.9. The zero-order valence-electron chi connectivity index (χ0n) is 11.3. The fraction of sp³-hybridized carbons (Fsp3) is 0.571. The highest BCUT2D eigenvalue weighted by Crippen LogP contribution is 2.31. The average Bonchev–Trinajstić information content (AvgIpc) is 3.31. The molecule has 1 aromatic carbocycles. The van der Waals surface area contributed by atoms with Crippen LogP contribution in [-0.2, 0) is 5.33 Å². The molecule has 0 atom stereocenters. The largest absolute Gasteiger partial charge is 0.369 e. The lowest BCUT2D eigenvalue weighted by molar-refractivity contribution is -0.384. The van der Waals surface area contributed by atoms with Crippen LogP contribution in [0.1, 0.15) is 18.4 Å². The Bertz CT molecular complexity index is 511. The van der Waals surface area contributed by atoms with Crippen molar-refractivity contribution < 1.29 is 4.92 Å². The summed E-state index contributed by atoms with van der Waals surface area (Å²) in [5.41, 5.74) is 2.29. The van der Waals surface area contributed by atoms with E-state index in [-0.39, 0.29) is 10.6 Å². The van der Waals surface area contributed by atoms with Crippen LogP contribution >= 0.6 is 15.9 Å². The lowest BCUT2D eigenvalue weighted by Crippen LogP contribution is -2.47. The molecule has 1 aliphatic heterocycles. The predicted octanol–water partition coefficient (Wildman–Crippen LogP) is 2.77. The Labute approximate surface area is 126 Å². The highest BCUT2D eigenvalue weighted by molar-refractivity contribution is 9.08. The molecule has 3 rings (SSSR count). The molecule has 0 N–H and O–H groups in total. The van der Waals surface area contributed by atoms with Gasteiger partial charge < -0.3 is 4.90 Å². The molecule has 20 heavy (non-hydrogen) atoms. The summed E-state index contributed by atoms with van der Waals surface area (Å²) in [5, 5.41) is 11.5. The summed E-state index contributed by atoms with van der Waals surface area (Å²) in [6.07, 6.45) is 2.70. The number of nitrogens with zero attached hydrogens (tertiary/aromatic N) is 3. The van der Waals surface area contributed by atoms with Gasteiger partial charge in [0.25, 0.3) is 5.69 Å². The Morgan fingerprint density at radius 1 is 1.25 bits per heavy atom. The number of piperazine rings is 1. The van der Waals surface area contributed by atoms with Gasteiger partial charge in [-0.1, -0.05) is 15.9 Å². The first-order valence-electron chi connectivity index (χ1n) is 7.01. The Kier molecular flexibility index (Phi) is 3.94. The van der Waals surface area contributed by atoms with Gasteiger partial charge in [-0.25, -0.2) is 0 Å². The molecule has 1 saturated carbocycles. The van der Waals surface area contributed by atoms with Crippen LogP contribution < -0.4 is 4.90 Å². The molecule has 0 amide bonds. The summed E-state index contributed by atoms with van der Waals surface area (Å²) in [5.74, 6) is 0. The summed E-state index contributed by atoms with van der Waals surface area (Å²) in [6, 6.07) is 6.00. The molecule has 0 unspecified atom stereocenters. The van der Waals surface area contributed by atoms with Crippen LogP contribution in [0, 0.1) is 10.1 Å². The van der Waals surface area contributed by atoms with E-state index < -0.39 is 0 Å². The maximum Gasteiger partial charge on any atom is 0.269 e. The molecular weight excluding hydrogens is 322 g/mol. The minimum Gasteiger partial charge on any atom is -0.369 e. The molecule has 1 heterocycles. The minimum absolute atomic E-state index is 0.166. The van der Waals surface area contributed by atoms with Crippen molar-refractivity contribution in [1.82, 2.24) is 4.90 Å². The molecular formula is C14H18BrN3O2. The number of rotatable bonds is 4. The van der Waals surface area contributed by atoms with Crippen molar-refractivity contribution in [3.63, 3.8) is 0 Å². The molecule has 1 saturated heterocycles. The van der Waals surface area contributed by atoms with Gasteiger partial charge in [-0.15, -0.1) is 0 Å². The van der Waals surface area contributed by atoms with Gasteiger partial charge in [0.2, 0.25) is 0 Å². The molecule has 108 valence electrons. The van der Waals surface area contributed by atoms with Gasteiger partial charge in [-0.2, -0.15) is 0 Å². The molecule has 2 aliphatic rings. The quantitative estimate of drug-likeness (QED) is 0.480. The first-order chi connectivity index (χ1) is 9.69. The molecule has 0 spiro atoms. The Morgan fingerprint density at radius 2 is 1.95 bits per heavy atom. The third-order valence-corrected chi connectivity index (χ3v) is 4.74. The topological polar surface area (TPSA) is 49.6 Å². The number of anilines is 1. The van der Waals surface area contributed by atoms with Crippen molar-refractivity contribution in [3.05, 3.63) is 33.9 Å². The first kappa shape index (κ1) is 13.8. The van der Waals surface area contributed by atoms with Crippen molar-refractivity contribution in [2.24, 2.45) is 0 Å². The monoisotopic (exact) mass is 339 g/mol. The number of nitro groups is 1. The van der Waals surface area contributed by atoms with Gasteiger partial charge in [-0.05, 0) is 24.5 Å². The van der Waals surface area contributed by atoms with E-state index in [1.165, 1.54) is 12.8 Å². The standard InChI is InChI=1S/C14H18BrN3O2/c15-10-11-9-13(18(19)20)3-4-14(11)17-7-5-16(6-8-17)12-1-2-12/h3-4,9,12H,1-2,5-8,10H2. The van der Waals surface area contributed by atoms with Gasteiger partial charge in [-0.3, -0.25) is 15.0 Å². The molecule has 1 aliphatic carbocycles. The number of nitro benzene ring substituents is 1. The van der Waals surface area contributed by atoms with Gasteiger partial charge in [0.15, 0.2) is 0 Å². The summed E-state index contributed by atoms with van der Waals surface area (Å²) in [4.78, 5) is 15.4.